The fourth-order valence-electron chi connectivity index (χ4n) is 1.99. The summed E-state index contributed by atoms with van der Waals surface area (Å²) in [6, 6.07) is 13.2. The van der Waals surface area contributed by atoms with Crippen LogP contribution in [0.3, 0.4) is 0 Å². The topological polar surface area (TPSA) is 0 Å². The van der Waals surface area contributed by atoms with Crippen LogP contribution in [0.2, 0.25) is 5.02 Å². The van der Waals surface area contributed by atoms with Crippen LogP contribution >= 0.6 is 27.5 Å². The number of aryl methyl sites for hydroxylation is 1. The average Bonchev–Trinajstić information content (AvgIpc) is 2.43. The Hall–Kier alpha value is -0.860. The van der Waals surface area contributed by atoms with Crippen molar-refractivity contribution in [3.05, 3.63) is 70.0 Å². The molecular weight excluding hydrogens is 327 g/mol. The smallest absolute Gasteiger partial charge is 0.127 e. The van der Waals surface area contributed by atoms with Crippen LogP contribution in [0, 0.1) is 5.82 Å². The van der Waals surface area contributed by atoms with Crippen LogP contribution in [-0.2, 0) is 12.8 Å². The Morgan fingerprint density at radius 3 is 2.42 bits per heavy atom. The van der Waals surface area contributed by atoms with Gasteiger partial charge in [-0.25, -0.2) is 4.39 Å². The third kappa shape index (κ3) is 3.58. The predicted octanol–water partition coefficient (Wildman–Crippen LogP) is 5.72. The lowest BCUT2D eigenvalue weighted by atomic mass is 10.0. The number of halogens is 3. The van der Waals surface area contributed by atoms with Gasteiger partial charge in [-0.3, -0.25) is 0 Å². The zero-order valence-corrected chi connectivity index (χ0v) is 13.0. The van der Waals surface area contributed by atoms with E-state index in [-0.39, 0.29) is 10.6 Å². The normalized spacial score (nSPS) is 12.4. The molecule has 2 rings (SSSR count). The van der Waals surface area contributed by atoms with Crippen molar-refractivity contribution in [3.8, 4) is 0 Å². The first-order chi connectivity index (χ1) is 9.11. The van der Waals surface area contributed by atoms with E-state index in [0.717, 1.165) is 12.0 Å². The van der Waals surface area contributed by atoms with E-state index in [4.69, 9.17) is 11.6 Å². The lowest BCUT2D eigenvalue weighted by Crippen LogP contribution is -1.99. The maximum absolute atomic E-state index is 13.7. The van der Waals surface area contributed by atoms with E-state index in [2.05, 4.69) is 47.1 Å². The minimum atomic E-state index is -0.248. The minimum absolute atomic E-state index is 0.0628. The highest BCUT2D eigenvalue weighted by molar-refractivity contribution is 9.09. The van der Waals surface area contributed by atoms with E-state index in [9.17, 15) is 4.39 Å². The molecule has 100 valence electrons. The van der Waals surface area contributed by atoms with E-state index < -0.39 is 0 Å². The monoisotopic (exact) mass is 340 g/mol. The molecule has 0 saturated carbocycles. The molecule has 0 heterocycles. The second-order valence-electron chi connectivity index (χ2n) is 4.47. The molecule has 0 aliphatic heterocycles. The molecule has 0 aromatic heterocycles. The molecule has 0 bridgehead atoms. The summed E-state index contributed by atoms with van der Waals surface area (Å²) in [7, 11) is 0. The molecular formula is C16H15BrClF. The van der Waals surface area contributed by atoms with Crippen LogP contribution in [-0.4, -0.2) is 0 Å². The number of benzene rings is 2. The van der Waals surface area contributed by atoms with Gasteiger partial charge in [0, 0.05) is 15.4 Å². The highest BCUT2D eigenvalue weighted by Crippen LogP contribution is 2.31. The average molecular weight is 342 g/mol. The second kappa shape index (κ2) is 6.53. The van der Waals surface area contributed by atoms with Crippen LogP contribution in [0.25, 0.3) is 0 Å². The molecule has 2 aromatic rings. The molecule has 0 aliphatic rings. The molecule has 0 N–H and O–H groups in total. The molecule has 0 fully saturated rings. The van der Waals surface area contributed by atoms with Gasteiger partial charge in [-0.15, -0.1) is 0 Å². The van der Waals surface area contributed by atoms with Crippen molar-refractivity contribution in [1.29, 1.82) is 0 Å². The fourth-order valence-corrected chi connectivity index (χ4v) is 2.86. The Morgan fingerprint density at radius 2 is 1.84 bits per heavy atom. The Bertz CT molecular complexity index is 531. The van der Waals surface area contributed by atoms with Crippen LogP contribution in [0.15, 0.2) is 42.5 Å². The zero-order valence-electron chi connectivity index (χ0n) is 10.7. The quantitative estimate of drug-likeness (QED) is 0.624. The summed E-state index contributed by atoms with van der Waals surface area (Å²) in [6.07, 6.45) is 1.56. The van der Waals surface area contributed by atoms with Gasteiger partial charge >= 0.3 is 0 Å². The predicted molar refractivity (Wildman–Crippen MR) is 82.6 cm³/mol. The molecule has 0 amide bonds. The summed E-state index contributed by atoms with van der Waals surface area (Å²) >= 11 is 9.66. The summed E-state index contributed by atoms with van der Waals surface area (Å²) in [6.45, 7) is 2.12. The molecule has 3 heteroatoms. The highest BCUT2D eigenvalue weighted by Gasteiger charge is 2.14. The van der Waals surface area contributed by atoms with Gasteiger partial charge in [0.05, 0.1) is 0 Å². The second-order valence-corrected chi connectivity index (χ2v) is 5.98. The number of rotatable bonds is 4. The third-order valence-corrected chi connectivity index (χ3v) is 4.40. The van der Waals surface area contributed by atoms with E-state index >= 15 is 0 Å². The zero-order chi connectivity index (χ0) is 13.8. The van der Waals surface area contributed by atoms with Gasteiger partial charge in [0.15, 0.2) is 0 Å². The molecule has 2 aromatic carbocycles. The van der Waals surface area contributed by atoms with Crippen molar-refractivity contribution in [1.82, 2.24) is 0 Å². The number of hydrogen-bond donors (Lipinski definition) is 0. The maximum Gasteiger partial charge on any atom is 0.127 e. The summed E-state index contributed by atoms with van der Waals surface area (Å²) in [5, 5.41) is 0.481. The van der Waals surface area contributed by atoms with Gasteiger partial charge in [-0.05, 0) is 36.1 Å². The number of hydrogen-bond acceptors (Lipinski definition) is 0. The molecule has 19 heavy (non-hydrogen) atoms. The summed E-state index contributed by atoms with van der Waals surface area (Å²) in [5.41, 5.74) is 2.99. The van der Waals surface area contributed by atoms with Gasteiger partial charge in [-0.2, -0.15) is 0 Å². The van der Waals surface area contributed by atoms with Crippen molar-refractivity contribution in [2.24, 2.45) is 0 Å². The van der Waals surface area contributed by atoms with E-state index in [1.54, 1.807) is 12.1 Å². The summed E-state index contributed by atoms with van der Waals surface area (Å²) in [5.74, 6) is -0.248. The molecule has 0 nitrogen and oxygen atoms in total. The largest absolute Gasteiger partial charge is 0.207 e. The Kier molecular flexibility index (Phi) is 5.00. The van der Waals surface area contributed by atoms with Crippen LogP contribution in [0.4, 0.5) is 4.39 Å². The van der Waals surface area contributed by atoms with Gasteiger partial charge in [0.25, 0.3) is 0 Å². The van der Waals surface area contributed by atoms with E-state index in [1.807, 2.05) is 0 Å². The number of alkyl halides is 1. The van der Waals surface area contributed by atoms with E-state index in [1.165, 1.54) is 11.6 Å². The maximum atomic E-state index is 13.7. The fraction of sp³-hybridized carbons (Fsp3) is 0.250. The van der Waals surface area contributed by atoms with Crippen LogP contribution in [0.5, 0.6) is 0 Å². The minimum Gasteiger partial charge on any atom is -0.207 e. The molecule has 0 aliphatic carbocycles. The van der Waals surface area contributed by atoms with Crippen molar-refractivity contribution in [2.45, 2.75) is 24.6 Å². The SMILES string of the molecule is CCc1ccc(C(Br)Cc2c(F)cccc2Cl)cc1. The summed E-state index contributed by atoms with van der Waals surface area (Å²) in [4.78, 5) is 0.0628. The van der Waals surface area contributed by atoms with Crippen molar-refractivity contribution >= 4 is 27.5 Å². The first-order valence-electron chi connectivity index (χ1n) is 6.27. The molecule has 1 atom stereocenters. The van der Waals surface area contributed by atoms with Gasteiger partial charge in [0.1, 0.15) is 5.82 Å². The van der Waals surface area contributed by atoms with E-state index in [0.29, 0.717) is 17.0 Å². The summed E-state index contributed by atoms with van der Waals surface area (Å²) < 4.78 is 13.7. The Morgan fingerprint density at radius 1 is 1.16 bits per heavy atom. The molecule has 0 saturated heterocycles. The van der Waals surface area contributed by atoms with Crippen molar-refractivity contribution in [3.63, 3.8) is 0 Å². The lowest BCUT2D eigenvalue weighted by Gasteiger charge is -2.13. The van der Waals surface area contributed by atoms with Crippen LogP contribution < -0.4 is 0 Å². The first kappa shape index (κ1) is 14.5. The van der Waals surface area contributed by atoms with Gasteiger partial charge in [0.2, 0.25) is 0 Å². The van der Waals surface area contributed by atoms with Crippen molar-refractivity contribution in [2.75, 3.05) is 0 Å². The molecule has 0 radical (unpaired) electrons. The van der Waals surface area contributed by atoms with Crippen molar-refractivity contribution < 1.29 is 4.39 Å². The Balaban J connectivity index is 2.18. The standard InChI is InChI=1S/C16H15BrClF/c1-2-11-6-8-12(9-7-11)14(17)10-13-15(18)4-3-5-16(13)19/h3-9,14H,2,10H2,1H3. The van der Waals surface area contributed by atoms with Gasteiger partial charge < -0.3 is 0 Å². The third-order valence-electron chi connectivity index (χ3n) is 3.19. The molecule has 0 spiro atoms. The highest BCUT2D eigenvalue weighted by atomic mass is 79.9. The first-order valence-corrected chi connectivity index (χ1v) is 7.57. The van der Waals surface area contributed by atoms with Crippen LogP contribution in [0.1, 0.15) is 28.4 Å². The molecule has 1 unspecified atom stereocenters. The Labute approximate surface area is 126 Å². The lowest BCUT2D eigenvalue weighted by molar-refractivity contribution is 0.608. The van der Waals surface area contributed by atoms with Gasteiger partial charge in [-0.1, -0.05) is 64.8 Å².